The van der Waals surface area contributed by atoms with E-state index in [1.54, 1.807) is 12.3 Å². The first-order valence-corrected chi connectivity index (χ1v) is 5.90. The number of nitrogens with zero attached hydrogens (tertiary/aromatic N) is 2. The second kappa shape index (κ2) is 4.83. The van der Waals surface area contributed by atoms with Gasteiger partial charge in [-0.3, -0.25) is 5.10 Å². The molecular formula is C15H11N3O. The van der Waals surface area contributed by atoms with Crippen molar-refractivity contribution in [1.82, 2.24) is 10.2 Å². The summed E-state index contributed by atoms with van der Waals surface area (Å²) in [7, 11) is 0. The largest absolute Gasteiger partial charge is 0.489 e. The molecule has 3 rings (SSSR count). The fourth-order valence-electron chi connectivity index (χ4n) is 1.91. The van der Waals surface area contributed by atoms with Crippen LogP contribution >= 0.6 is 0 Å². The summed E-state index contributed by atoms with van der Waals surface area (Å²) in [5.74, 6) is 0.788. The number of nitriles is 1. The summed E-state index contributed by atoms with van der Waals surface area (Å²) in [5, 5.41) is 16.7. The van der Waals surface area contributed by atoms with Crippen molar-refractivity contribution in [3.8, 4) is 11.8 Å². The Labute approximate surface area is 110 Å². The molecule has 0 unspecified atom stereocenters. The van der Waals surface area contributed by atoms with Crippen molar-refractivity contribution in [2.24, 2.45) is 0 Å². The highest BCUT2D eigenvalue weighted by atomic mass is 16.5. The van der Waals surface area contributed by atoms with Crippen LogP contribution in [0.25, 0.3) is 10.9 Å². The van der Waals surface area contributed by atoms with E-state index in [1.165, 1.54) is 0 Å². The number of aromatic amines is 1. The lowest BCUT2D eigenvalue weighted by atomic mass is 10.1. The maximum atomic E-state index is 8.84. The van der Waals surface area contributed by atoms with E-state index in [1.807, 2.05) is 36.4 Å². The van der Waals surface area contributed by atoms with Gasteiger partial charge in [0.2, 0.25) is 0 Å². The molecule has 0 bridgehead atoms. The van der Waals surface area contributed by atoms with Gasteiger partial charge in [0, 0.05) is 5.39 Å². The van der Waals surface area contributed by atoms with Crippen molar-refractivity contribution >= 4 is 10.9 Å². The van der Waals surface area contributed by atoms with Crippen molar-refractivity contribution in [1.29, 1.82) is 5.26 Å². The third-order valence-electron chi connectivity index (χ3n) is 2.87. The predicted molar refractivity (Wildman–Crippen MR) is 71.6 cm³/mol. The number of fused-ring (bicyclic) bond motifs is 1. The minimum atomic E-state index is 0.443. The number of aromatic nitrogens is 2. The lowest BCUT2D eigenvalue weighted by Gasteiger charge is -2.06. The van der Waals surface area contributed by atoms with E-state index in [2.05, 4.69) is 16.3 Å². The second-order valence-corrected chi connectivity index (χ2v) is 4.22. The fourth-order valence-corrected chi connectivity index (χ4v) is 1.91. The maximum absolute atomic E-state index is 8.84. The summed E-state index contributed by atoms with van der Waals surface area (Å²) >= 11 is 0. The van der Waals surface area contributed by atoms with E-state index < -0.39 is 0 Å². The molecule has 0 spiro atoms. The number of nitrogens with one attached hydrogen (secondary N) is 1. The van der Waals surface area contributed by atoms with Gasteiger partial charge in [-0.25, -0.2) is 0 Å². The van der Waals surface area contributed by atoms with Gasteiger partial charge in [-0.05, 0) is 35.9 Å². The van der Waals surface area contributed by atoms with Crippen LogP contribution in [0.1, 0.15) is 11.1 Å². The lowest BCUT2D eigenvalue weighted by molar-refractivity contribution is 0.306. The monoisotopic (exact) mass is 249 g/mol. The lowest BCUT2D eigenvalue weighted by Crippen LogP contribution is -1.95. The molecule has 1 heterocycles. The Morgan fingerprint density at radius 2 is 2.16 bits per heavy atom. The Hall–Kier alpha value is -2.80. The molecule has 0 saturated carbocycles. The Morgan fingerprint density at radius 3 is 3.05 bits per heavy atom. The molecule has 0 aliphatic carbocycles. The van der Waals surface area contributed by atoms with Gasteiger partial charge in [0.25, 0.3) is 0 Å². The first kappa shape index (κ1) is 11.3. The van der Waals surface area contributed by atoms with E-state index in [9.17, 15) is 0 Å². The molecule has 0 radical (unpaired) electrons. The van der Waals surface area contributed by atoms with Gasteiger partial charge in [-0.15, -0.1) is 0 Å². The molecule has 3 aromatic rings. The van der Waals surface area contributed by atoms with E-state index in [4.69, 9.17) is 10.00 Å². The molecule has 4 heteroatoms. The van der Waals surface area contributed by atoms with Crippen LogP contribution in [0.3, 0.4) is 0 Å². The highest BCUT2D eigenvalue weighted by molar-refractivity contribution is 5.79. The van der Waals surface area contributed by atoms with Crippen molar-refractivity contribution in [2.75, 3.05) is 0 Å². The van der Waals surface area contributed by atoms with E-state index in [0.717, 1.165) is 22.2 Å². The highest BCUT2D eigenvalue weighted by Crippen LogP contribution is 2.19. The third-order valence-corrected chi connectivity index (χ3v) is 2.87. The summed E-state index contributed by atoms with van der Waals surface area (Å²) in [6.07, 6.45) is 1.76. The van der Waals surface area contributed by atoms with Gasteiger partial charge in [0.05, 0.1) is 23.3 Å². The van der Waals surface area contributed by atoms with Crippen LogP contribution in [0.2, 0.25) is 0 Å². The number of H-pyrrole nitrogens is 1. The quantitative estimate of drug-likeness (QED) is 0.776. The van der Waals surface area contributed by atoms with E-state index in [0.29, 0.717) is 12.2 Å². The minimum absolute atomic E-state index is 0.443. The van der Waals surface area contributed by atoms with Crippen molar-refractivity contribution in [3.05, 3.63) is 59.8 Å². The molecular weight excluding hydrogens is 238 g/mol. The summed E-state index contributed by atoms with van der Waals surface area (Å²) in [4.78, 5) is 0. The zero-order chi connectivity index (χ0) is 13.1. The van der Waals surface area contributed by atoms with Gasteiger partial charge in [0.15, 0.2) is 0 Å². The number of benzene rings is 2. The summed E-state index contributed by atoms with van der Waals surface area (Å²) < 4.78 is 5.72. The SMILES string of the molecule is N#Cc1cccc(COc2ccc3[nH]ncc3c2)c1. The average Bonchev–Trinajstić information content (AvgIpc) is 2.93. The molecule has 0 atom stereocenters. The summed E-state index contributed by atoms with van der Waals surface area (Å²) in [6, 6.07) is 15.3. The molecule has 1 aromatic heterocycles. The van der Waals surface area contributed by atoms with Crippen LogP contribution in [0.15, 0.2) is 48.7 Å². The van der Waals surface area contributed by atoms with Gasteiger partial charge in [-0.1, -0.05) is 12.1 Å². The molecule has 0 aliphatic heterocycles. The molecule has 92 valence electrons. The molecule has 0 amide bonds. The first-order chi connectivity index (χ1) is 9.35. The Morgan fingerprint density at radius 1 is 1.21 bits per heavy atom. The highest BCUT2D eigenvalue weighted by Gasteiger charge is 2.00. The molecule has 19 heavy (non-hydrogen) atoms. The van der Waals surface area contributed by atoms with Gasteiger partial charge >= 0.3 is 0 Å². The van der Waals surface area contributed by atoms with Crippen LogP contribution < -0.4 is 4.74 Å². The van der Waals surface area contributed by atoms with Gasteiger partial charge in [-0.2, -0.15) is 10.4 Å². The van der Waals surface area contributed by atoms with Gasteiger partial charge in [0.1, 0.15) is 12.4 Å². The van der Waals surface area contributed by atoms with Crippen LogP contribution in [-0.4, -0.2) is 10.2 Å². The summed E-state index contributed by atoms with van der Waals surface area (Å²) in [6.45, 7) is 0.443. The molecule has 0 saturated heterocycles. The Kier molecular flexibility index (Phi) is 2.87. The zero-order valence-electron chi connectivity index (χ0n) is 10.1. The minimum Gasteiger partial charge on any atom is -0.489 e. The maximum Gasteiger partial charge on any atom is 0.120 e. The van der Waals surface area contributed by atoms with Crippen LogP contribution in [0.5, 0.6) is 5.75 Å². The number of rotatable bonds is 3. The van der Waals surface area contributed by atoms with Crippen LogP contribution in [0.4, 0.5) is 0 Å². The predicted octanol–water partition coefficient (Wildman–Crippen LogP) is 3.01. The standard InChI is InChI=1S/C15H11N3O/c16-8-11-2-1-3-12(6-11)10-19-14-4-5-15-13(7-14)9-17-18-15/h1-7,9H,10H2,(H,17,18). The van der Waals surface area contributed by atoms with Crippen molar-refractivity contribution in [3.63, 3.8) is 0 Å². The number of hydrogen-bond donors (Lipinski definition) is 1. The number of hydrogen-bond acceptors (Lipinski definition) is 3. The molecule has 4 nitrogen and oxygen atoms in total. The Balaban J connectivity index is 1.76. The molecule has 2 aromatic carbocycles. The first-order valence-electron chi connectivity index (χ1n) is 5.90. The van der Waals surface area contributed by atoms with E-state index in [-0.39, 0.29) is 0 Å². The van der Waals surface area contributed by atoms with Gasteiger partial charge < -0.3 is 4.74 Å². The molecule has 0 aliphatic rings. The normalized spacial score (nSPS) is 10.3. The Bertz CT molecular complexity index is 755. The van der Waals surface area contributed by atoms with E-state index >= 15 is 0 Å². The zero-order valence-corrected chi connectivity index (χ0v) is 10.1. The fraction of sp³-hybridized carbons (Fsp3) is 0.0667. The smallest absolute Gasteiger partial charge is 0.120 e. The van der Waals surface area contributed by atoms with Crippen LogP contribution in [0, 0.1) is 11.3 Å². The van der Waals surface area contributed by atoms with Crippen molar-refractivity contribution in [2.45, 2.75) is 6.61 Å². The molecule has 0 fully saturated rings. The average molecular weight is 249 g/mol. The molecule has 1 N–H and O–H groups in total. The third kappa shape index (κ3) is 2.40. The van der Waals surface area contributed by atoms with Crippen molar-refractivity contribution < 1.29 is 4.74 Å². The van der Waals surface area contributed by atoms with Crippen LogP contribution in [-0.2, 0) is 6.61 Å². The topological polar surface area (TPSA) is 61.7 Å². The number of ether oxygens (including phenoxy) is 1. The summed E-state index contributed by atoms with van der Waals surface area (Å²) in [5.41, 5.74) is 2.61. The second-order valence-electron chi connectivity index (χ2n) is 4.22.